The zero-order valence-electron chi connectivity index (χ0n) is 8.14. The summed E-state index contributed by atoms with van der Waals surface area (Å²) in [6.45, 7) is 4.26. The van der Waals surface area contributed by atoms with Gasteiger partial charge in [-0.1, -0.05) is 13.8 Å². The number of ketones is 1. The second-order valence-corrected chi connectivity index (χ2v) is 6.11. The van der Waals surface area contributed by atoms with Crippen LogP contribution >= 0.6 is 43.2 Å². The van der Waals surface area contributed by atoms with E-state index in [1.54, 1.807) is 0 Å². The molecule has 0 radical (unpaired) electrons. The Labute approximate surface area is 105 Å². The molecule has 0 unspecified atom stereocenters. The molecule has 4 heteroatoms. The van der Waals surface area contributed by atoms with Crippen molar-refractivity contribution in [3.05, 3.63) is 19.2 Å². The van der Waals surface area contributed by atoms with Crippen molar-refractivity contribution in [1.29, 1.82) is 0 Å². The number of halogens is 2. The average Bonchev–Trinajstić information content (AvgIpc) is 2.44. The normalized spacial score (nSPS) is 10.9. The number of hydrogen-bond donors (Lipinski definition) is 0. The van der Waals surface area contributed by atoms with Crippen LogP contribution in [0.5, 0.6) is 0 Å². The fraction of sp³-hybridized carbons (Fsp3) is 0.500. The fourth-order valence-electron chi connectivity index (χ4n) is 1.04. The third-order valence-corrected chi connectivity index (χ3v) is 5.46. The molecule has 78 valence electrons. The number of carbonyl (C=O) groups excluding carboxylic acids is 1. The highest BCUT2D eigenvalue weighted by Crippen LogP contribution is 2.33. The highest BCUT2D eigenvalue weighted by Gasteiger charge is 2.14. The molecule has 0 saturated heterocycles. The highest BCUT2D eigenvalue weighted by molar-refractivity contribution is 9.13. The Kier molecular flexibility index (Phi) is 4.80. The molecule has 1 aromatic rings. The zero-order valence-corrected chi connectivity index (χ0v) is 12.1. The molecule has 0 saturated carbocycles. The van der Waals surface area contributed by atoms with E-state index in [0.29, 0.717) is 12.3 Å². The largest absolute Gasteiger partial charge is 0.293 e. The monoisotopic (exact) mass is 338 g/mol. The van der Waals surface area contributed by atoms with Gasteiger partial charge < -0.3 is 0 Å². The molecule has 1 rings (SSSR count). The molecule has 0 aliphatic heterocycles. The van der Waals surface area contributed by atoms with Crippen LogP contribution < -0.4 is 0 Å². The summed E-state index contributed by atoms with van der Waals surface area (Å²) < 4.78 is 1.87. The lowest BCUT2D eigenvalue weighted by Crippen LogP contribution is -1.99. The third kappa shape index (κ3) is 3.17. The van der Waals surface area contributed by atoms with Crippen LogP contribution in [0.1, 0.15) is 36.4 Å². The number of thiophene rings is 1. The SMILES string of the molecule is CC(C)CCC(=O)c1scc(Br)c1Br. The lowest BCUT2D eigenvalue weighted by atomic mass is 10.1. The average molecular weight is 340 g/mol. The lowest BCUT2D eigenvalue weighted by molar-refractivity contribution is 0.0978. The highest BCUT2D eigenvalue weighted by atomic mass is 79.9. The summed E-state index contributed by atoms with van der Waals surface area (Å²) in [6, 6.07) is 0. The van der Waals surface area contributed by atoms with E-state index >= 15 is 0 Å². The number of rotatable bonds is 4. The molecular formula is C10H12Br2OS. The van der Waals surface area contributed by atoms with Crippen molar-refractivity contribution in [3.63, 3.8) is 0 Å². The van der Waals surface area contributed by atoms with Crippen molar-refractivity contribution >= 4 is 49.0 Å². The van der Waals surface area contributed by atoms with Gasteiger partial charge in [-0.25, -0.2) is 0 Å². The van der Waals surface area contributed by atoms with Crippen molar-refractivity contribution in [2.24, 2.45) is 5.92 Å². The zero-order chi connectivity index (χ0) is 10.7. The standard InChI is InChI=1S/C10H12Br2OS/c1-6(2)3-4-8(13)10-9(12)7(11)5-14-10/h5-6H,3-4H2,1-2H3. The predicted octanol–water partition coefficient (Wildman–Crippen LogP) is 4.89. The summed E-state index contributed by atoms with van der Waals surface area (Å²) in [5.41, 5.74) is 0. The van der Waals surface area contributed by atoms with Gasteiger partial charge in [0.1, 0.15) is 0 Å². The first kappa shape index (κ1) is 12.4. The second-order valence-electron chi connectivity index (χ2n) is 3.58. The molecule has 0 N–H and O–H groups in total. The van der Waals surface area contributed by atoms with E-state index in [2.05, 4.69) is 45.7 Å². The van der Waals surface area contributed by atoms with E-state index in [1.165, 1.54) is 11.3 Å². The van der Waals surface area contributed by atoms with Crippen LogP contribution in [0.3, 0.4) is 0 Å². The van der Waals surface area contributed by atoms with Gasteiger partial charge in [0, 0.05) is 16.3 Å². The van der Waals surface area contributed by atoms with Gasteiger partial charge >= 0.3 is 0 Å². The smallest absolute Gasteiger partial charge is 0.173 e. The van der Waals surface area contributed by atoms with Crippen molar-refractivity contribution < 1.29 is 4.79 Å². The van der Waals surface area contributed by atoms with Gasteiger partial charge in [0.2, 0.25) is 0 Å². The first-order valence-corrected chi connectivity index (χ1v) is 6.94. The van der Waals surface area contributed by atoms with E-state index in [1.807, 2.05) is 5.38 Å². The van der Waals surface area contributed by atoms with E-state index in [4.69, 9.17) is 0 Å². The maximum absolute atomic E-state index is 11.7. The Balaban J connectivity index is 2.66. The summed E-state index contributed by atoms with van der Waals surface area (Å²) in [7, 11) is 0. The molecule has 1 aromatic heterocycles. The molecule has 0 spiro atoms. The number of hydrogen-bond acceptors (Lipinski definition) is 2. The number of carbonyl (C=O) groups is 1. The molecule has 0 atom stereocenters. The first-order chi connectivity index (χ1) is 6.52. The molecular weight excluding hydrogens is 328 g/mol. The van der Waals surface area contributed by atoms with Crippen LogP contribution in [-0.2, 0) is 0 Å². The van der Waals surface area contributed by atoms with Crippen LogP contribution in [0.4, 0.5) is 0 Å². The summed E-state index contributed by atoms with van der Waals surface area (Å²) in [5.74, 6) is 0.822. The maximum Gasteiger partial charge on any atom is 0.173 e. The fourth-order valence-corrected chi connectivity index (χ4v) is 3.21. The lowest BCUT2D eigenvalue weighted by Gasteiger charge is -2.02. The molecule has 0 aromatic carbocycles. The van der Waals surface area contributed by atoms with Gasteiger partial charge in [-0.15, -0.1) is 11.3 Å². The van der Waals surface area contributed by atoms with Gasteiger partial charge in [-0.2, -0.15) is 0 Å². The van der Waals surface area contributed by atoms with Gasteiger partial charge in [-0.05, 0) is 44.2 Å². The maximum atomic E-state index is 11.7. The topological polar surface area (TPSA) is 17.1 Å². The van der Waals surface area contributed by atoms with Crippen LogP contribution in [0.2, 0.25) is 0 Å². The molecule has 0 bridgehead atoms. The van der Waals surface area contributed by atoms with Crippen LogP contribution in [0, 0.1) is 5.92 Å². The van der Waals surface area contributed by atoms with Gasteiger partial charge in [-0.3, -0.25) is 4.79 Å². The molecule has 14 heavy (non-hydrogen) atoms. The van der Waals surface area contributed by atoms with Crippen molar-refractivity contribution in [2.75, 3.05) is 0 Å². The molecule has 0 aliphatic rings. The Morgan fingerprint density at radius 2 is 2.14 bits per heavy atom. The minimum atomic E-state index is 0.237. The molecule has 1 nitrogen and oxygen atoms in total. The molecule has 0 fully saturated rings. The van der Waals surface area contributed by atoms with Crippen molar-refractivity contribution in [2.45, 2.75) is 26.7 Å². The Bertz CT molecular complexity index is 331. The second kappa shape index (κ2) is 5.42. The van der Waals surface area contributed by atoms with Crippen molar-refractivity contribution in [1.82, 2.24) is 0 Å². The summed E-state index contributed by atoms with van der Waals surface area (Å²) in [4.78, 5) is 12.6. The van der Waals surface area contributed by atoms with Crippen LogP contribution in [0.15, 0.2) is 14.3 Å². The van der Waals surface area contributed by atoms with Crippen LogP contribution in [-0.4, -0.2) is 5.78 Å². The van der Waals surface area contributed by atoms with E-state index in [0.717, 1.165) is 20.2 Å². The minimum Gasteiger partial charge on any atom is -0.293 e. The Morgan fingerprint density at radius 1 is 1.50 bits per heavy atom. The number of Topliss-reactive ketones (excluding diaryl/α,β-unsaturated/α-hetero) is 1. The molecule has 0 amide bonds. The summed E-state index contributed by atoms with van der Waals surface area (Å²) >= 11 is 8.27. The van der Waals surface area contributed by atoms with E-state index in [9.17, 15) is 4.79 Å². The predicted molar refractivity (Wildman–Crippen MR) is 68.1 cm³/mol. The van der Waals surface area contributed by atoms with Gasteiger partial charge in [0.15, 0.2) is 5.78 Å². The first-order valence-electron chi connectivity index (χ1n) is 4.48. The van der Waals surface area contributed by atoms with Crippen LogP contribution in [0.25, 0.3) is 0 Å². The van der Waals surface area contributed by atoms with E-state index in [-0.39, 0.29) is 5.78 Å². The molecule has 1 heterocycles. The van der Waals surface area contributed by atoms with E-state index < -0.39 is 0 Å². The summed E-state index contributed by atoms with van der Waals surface area (Å²) in [5, 5.41) is 1.94. The quantitative estimate of drug-likeness (QED) is 0.713. The third-order valence-electron chi connectivity index (χ3n) is 1.89. The van der Waals surface area contributed by atoms with Gasteiger partial charge in [0.25, 0.3) is 0 Å². The molecule has 0 aliphatic carbocycles. The summed E-state index contributed by atoms with van der Waals surface area (Å²) in [6.07, 6.45) is 1.60. The Morgan fingerprint density at radius 3 is 2.57 bits per heavy atom. The van der Waals surface area contributed by atoms with Gasteiger partial charge in [0.05, 0.1) is 9.35 Å². The van der Waals surface area contributed by atoms with Crippen molar-refractivity contribution in [3.8, 4) is 0 Å². The minimum absolute atomic E-state index is 0.237. The Hall–Kier alpha value is 0.330.